The van der Waals surface area contributed by atoms with Crippen LogP contribution in [0.15, 0.2) is 51.2 Å². The summed E-state index contributed by atoms with van der Waals surface area (Å²) in [5.74, 6) is -3.28. The summed E-state index contributed by atoms with van der Waals surface area (Å²) in [6, 6.07) is 9.99. The molecule has 3 N–H and O–H groups in total. The molecule has 0 saturated heterocycles. The maximum Gasteiger partial charge on any atom is 0.452 e. The molecule has 4 rings (SSSR count). The second-order valence-corrected chi connectivity index (χ2v) is 10.5. The lowest BCUT2D eigenvalue weighted by atomic mass is 10.0. The van der Waals surface area contributed by atoms with E-state index in [4.69, 9.17) is 5.11 Å². The molecule has 1 aromatic carbocycles. The average Bonchev–Trinajstić information content (AvgIpc) is 3.11. The van der Waals surface area contributed by atoms with Gasteiger partial charge in [-0.15, -0.1) is 11.3 Å². The number of nitrogens with one attached hydrogen (secondary N) is 1. The Bertz CT molecular complexity index is 1300. The molecule has 2 aromatic heterocycles. The number of sulfonamides is 1. The smallest absolute Gasteiger partial charge is 0.452 e. The normalized spacial score (nSPS) is 20.7. The van der Waals surface area contributed by atoms with Gasteiger partial charge < -0.3 is 14.7 Å². The minimum Gasteiger partial charge on any atom is -0.480 e. The van der Waals surface area contributed by atoms with E-state index in [0.717, 1.165) is 5.56 Å². The zero-order chi connectivity index (χ0) is 24.0. The van der Waals surface area contributed by atoms with Crippen molar-refractivity contribution in [3.63, 3.8) is 0 Å². The molecule has 0 radical (unpaired) electrons. The zero-order valence-corrected chi connectivity index (χ0v) is 18.3. The molecule has 1 fully saturated rings. The summed E-state index contributed by atoms with van der Waals surface area (Å²) in [6.45, 7) is -0.0818. The molecule has 1 aliphatic carbocycles. The first-order valence-corrected chi connectivity index (χ1v) is 11.9. The Morgan fingerprint density at radius 2 is 2.03 bits per heavy atom. The molecule has 1 saturated carbocycles. The molecular weight excluding hydrogens is 485 g/mol. The molecule has 2 heterocycles. The van der Waals surface area contributed by atoms with Gasteiger partial charge in [-0.1, -0.05) is 29.4 Å². The van der Waals surface area contributed by atoms with Crippen molar-refractivity contribution in [2.24, 2.45) is 0 Å². The monoisotopic (exact) mass is 502 g/mol. The predicted octanol–water partition coefficient (Wildman–Crippen LogP) is 3.25. The van der Waals surface area contributed by atoms with Crippen LogP contribution in [0, 0.1) is 0 Å². The molecule has 33 heavy (non-hydrogen) atoms. The van der Waals surface area contributed by atoms with Crippen molar-refractivity contribution in [3.05, 3.63) is 59.4 Å². The summed E-state index contributed by atoms with van der Waals surface area (Å²) in [7, 11) is -4.30. The van der Waals surface area contributed by atoms with Gasteiger partial charge in [0.2, 0.25) is 5.76 Å². The van der Waals surface area contributed by atoms with Crippen LogP contribution < -0.4 is 4.72 Å². The molecule has 0 amide bonds. The Hall–Kier alpha value is -2.74. The Morgan fingerprint density at radius 3 is 2.67 bits per heavy atom. The predicted molar refractivity (Wildman–Crippen MR) is 110 cm³/mol. The maximum absolute atomic E-state index is 12.9. The van der Waals surface area contributed by atoms with Crippen LogP contribution in [0.25, 0.3) is 10.6 Å². The first-order chi connectivity index (χ1) is 15.5. The number of aliphatic carboxylic acids is 1. The minimum atomic E-state index is -4.73. The van der Waals surface area contributed by atoms with Gasteiger partial charge in [0.25, 0.3) is 10.0 Å². The summed E-state index contributed by atoms with van der Waals surface area (Å²) < 4.78 is 70.3. The number of hydrogen-bond donors (Lipinski definition) is 3. The Morgan fingerprint density at radius 1 is 1.27 bits per heavy atom. The van der Waals surface area contributed by atoms with Crippen LogP contribution in [-0.2, 0) is 27.4 Å². The van der Waals surface area contributed by atoms with Crippen molar-refractivity contribution in [1.82, 2.24) is 9.88 Å². The summed E-state index contributed by atoms with van der Waals surface area (Å²) in [4.78, 5) is 12.1. The number of rotatable bonds is 8. The molecule has 8 nitrogen and oxygen atoms in total. The second-order valence-electron chi connectivity index (χ2n) is 7.55. The molecule has 0 bridgehead atoms. The highest BCUT2D eigenvalue weighted by Crippen LogP contribution is 2.52. The fourth-order valence-electron chi connectivity index (χ4n) is 3.57. The number of hydrogen-bond acceptors (Lipinski definition) is 7. The van der Waals surface area contributed by atoms with Crippen LogP contribution in [0.2, 0.25) is 0 Å². The molecule has 0 unspecified atom stereocenters. The largest absolute Gasteiger partial charge is 0.480 e. The Labute approximate surface area is 189 Å². The molecular formula is C20H17F3N2O6S2. The first-order valence-electron chi connectivity index (χ1n) is 9.57. The summed E-state index contributed by atoms with van der Waals surface area (Å²) in [6.07, 6.45) is -4.33. The molecule has 176 valence electrons. The standard InChI is InChI=1S/C20H17F3N2O6S2/c21-20(22,23)16-9-14(24-31-16)15-4-5-17(32-15)33(29,30)25-19(18(27)28)10-13(19)12-3-1-2-11(8-12)6-7-26/h1-5,8-9,13,25-26H,6-7,10H2,(H,27,28)/t13-,19+/m0/s1. The summed E-state index contributed by atoms with van der Waals surface area (Å²) in [5.41, 5.74) is -0.525. The van der Waals surface area contributed by atoms with Gasteiger partial charge in [-0.05, 0) is 36.1 Å². The number of halogens is 3. The van der Waals surface area contributed by atoms with Gasteiger partial charge in [-0.3, -0.25) is 4.79 Å². The topological polar surface area (TPSA) is 130 Å². The van der Waals surface area contributed by atoms with E-state index in [0.29, 0.717) is 29.4 Å². The van der Waals surface area contributed by atoms with Crippen molar-refractivity contribution in [2.75, 3.05) is 6.61 Å². The highest BCUT2D eigenvalue weighted by Gasteiger charge is 2.63. The minimum absolute atomic E-state index is 0.0284. The molecule has 0 spiro atoms. The third-order valence-corrected chi connectivity index (χ3v) is 8.41. The lowest BCUT2D eigenvalue weighted by Crippen LogP contribution is -2.44. The van der Waals surface area contributed by atoms with Crippen molar-refractivity contribution in [2.45, 2.75) is 34.7 Å². The number of aromatic nitrogens is 1. The number of carbonyl (C=O) groups is 1. The lowest BCUT2D eigenvalue weighted by molar-refractivity contribution is -0.155. The van der Waals surface area contributed by atoms with Crippen molar-refractivity contribution < 1.29 is 41.1 Å². The molecule has 1 aliphatic rings. The molecule has 13 heteroatoms. The van der Waals surface area contributed by atoms with Crippen LogP contribution in [0.5, 0.6) is 0 Å². The molecule has 3 aromatic rings. The van der Waals surface area contributed by atoms with E-state index < -0.39 is 39.4 Å². The number of carboxylic acid groups (broad SMARTS) is 1. The maximum atomic E-state index is 12.9. The van der Waals surface area contributed by atoms with Crippen LogP contribution in [-0.4, -0.2) is 41.9 Å². The second kappa shape index (κ2) is 8.24. The molecule has 2 atom stereocenters. The van der Waals surface area contributed by atoms with Crippen LogP contribution >= 0.6 is 11.3 Å². The van der Waals surface area contributed by atoms with E-state index >= 15 is 0 Å². The number of nitrogens with zero attached hydrogens (tertiary/aromatic N) is 1. The summed E-state index contributed by atoms with van der Waals surface area (Å²) >= 11 is 0.642. The van der Waals surface area contributed by atoms with Gasteiger partial charge in [-0.25, -0.2) is 8.42 Å². The van der Waals surface area contributed by atoms with E-state index in [2.05, 4.69) is 14.4 Å². The van der Waals surface area contributed by atoms with E-state index in [1.54, 1.807) is 24.3 Å². The van der Waals surface area contributed by atoms with Gasteiger partial charge in [0.15, 0.2) is 0 Å². The van der Waals surface area contributed by atoms with Gasteiger partial charge >= 0.3 is 12.1 Å². The number of thiophene rings is 1. The zero-order valence-electron chi connectivity index (χ0n) is 16.7. The number of aliphatic hydroxyl groups excluding tert-OH is 1. The summed E-state index contributed by atoms with van der Waals surface area (Å²) in [5, 5.41) is 22.2. The van der Waals surface area contributed by atoms with Crippen LogP contribution in [0.4, 0.5) is 13.2 Å². The number of carboxylic acids is 1. The number of aliphatic hydroxyl groups is 1. The highest BCUT2D eigenvalue weighted by molar-refractivity contribution is 7.91. The third-order valence-electron chi connectivity index (χ3n) is 5.30. The van der Waals surface area contributed by atoms with Crippen LogP contribution in [0.3, 0.4) is 0 Å². The van der Waals surface area contributed by atoms with Gasteiger partial charge in [0, 0.05) is 18.6 Å². The van der Waals surface area contributed by atoms with Crippen LogP contribution in [0.1, 0.15) is 29.2 Å². The fraction of sp³-hybridized carbons (Fsp3) is 0.300. The van der Waals surface area contributed by atoms with Gasteiger partial charge in [0.1, 0.15) is 15.4 Å². The quantitative estimate of drug-likeness (QED) is 0.431. The fourth-order valence-corrected chi connectivity index (χ4v) is 6.23. The van der Waals surface area contributed by atoms with Gasteiger partial charge in [-0.2, -0.15) is 17.9 Å². The van der Waals surface area contributed by atoms with E-state index in [1.165, 1.54) is 12.1 Å². The average molecular weight is 502 g/mol. The van der Waals surface area contributed by atoms with E-state index in [9.17, 15) is 31.5 Å². The highest BCUT2D eigenvalue weighted by atomic mass is 32.2. The van der Waals surface area contributed by atoms with Crippen molar-refractivity contribution >= 4 is 27.3 Å². The molecule has 0 aliphatic heterocycles. The Kier molecular flexibility index (Phi) is 5.85. The lowest BCUT2D eigenvalue weighted by Gasteiger charge is -2.15. The van der Waals surface area contributed by atoms with Crippen molar-refractivity contribution in [1.29, 1.82) is 0 Å². The van der Waals surface area contributed by atoms with E-state index in [1.807, 2.05) is 0 Å². The Balaban J connectivity index is 1.57. The SMILES string of the molecule is O=C(O)[C@@]1(NS(=O)(=O)c2ccc(-c3cc(C(F)(F)F)on3)s2)C[C@H]1c1cccc(CCO)c1. The first kappa shape index (κ1) is 23.4. The third kappa shape index (κ3) is 4.53. The van der Waals surface area contributed by atoms with E-state index in [-0.39, 0.29) is 27.8 Å². The number of benzene rings is 1. The number of alkyl halides is 3. The van der Waals surface area contributed by atoms with Gasteiger partial charge in [0.05, 0.1) is 4.88 Å². The van der Waals surface area contributed by atoms with Crippen molar-refractivity contribution in [3.8, 4) is 10.6 Å².